The number of aromatic nitrogens is 2. The van der Waals surface area contributed by atoms with Gasteiger partial charge in [0.1, 0.15) is 4.90 Å². The zero-order valence-electron chi connectivity index (χ0n) is 12.2. The molecule has 1 fully saturated rings. The van der Waals surface area contributed by atoms with Crippen molar-refractivity contribution in [1.82, 2.24) is 14.1 Å². The Kier molecular flexibility index (Phi) is 6.04. The molecule has 0 aromatic carbocycles. The molecule has 0 radical (unpaired) electrons. The fourth-order valence-electron chi connectivity index (χ4n) is 1.85. The normalized spacial score (nSPS) is 15.8. The Morgan fingerprint density at radius 1 is 1.52 bits per heavy atom. The second kappa shape index (κ2) is 7.58. The Bertz CT molecular complexity index is 543. The van der Waals surface area contributed by atoms with E-state index in [1.54, 1.807) is 17.9 Å². The zero-order chi connectivity index (χ0) is 15.3. The van der Waals surface area contributed by atoms with Crippen LogP contribution >= 0.6 is 11.6 Å². The minimum atomic E-state index is -3.49. The minimum Gasteiger partial charge on any atom is -0.380 e. The van der Waals surface area contributed by atoms with Gasteiger partial charge in [-0.3, -0.25) is 4.68 Å². The second-order valence-corrected chi connectivity index (χ2v) is 7.75. The minimum absolute atomic E-state index is 0.210. The summed E-state index contributed by atoms with van der Waals surface area (Å²) in [5, 5.41) is 4.05. The van der Waals surface area contributed by atoms with Crippen LogP contribution in [-0.2, 0) is 21.3 Å². The summed E-state index contributed by atoms with van der Waals surface area (Å²) in [6, 6.07) is 0. The van der Waals surface area contributed by atoms with Crippen LogP contribution in [0.2, 0.25) is 0 Å². The van der Waals surface area contributed by atoms with Gasteiger partial charge in [-0.05, 0) is 25.2 Å². The summed E-state index contributed by atoms with van der Waals surface area (Å²) in [4.78, 5) is 0.210. The summed E-state index contributed by atoms with van der Waals surface area (Å²) in [5.74, 6) is 1.22. The SMILES string of the molecule is CN(CCOCC1CC1)S(=O)(=O)c1cnn(CCCCl)c1. The van der Waals surface area contributed by atoms with Gasteiger partial charge in [0.15, 0.2) is 0 Å². The third-order valence-corrected chi connectivity index (χ3v) is 5.52. The monoisotopic (exact) mass is 335 g/mol. The number of hydrogen-bond donors (Lipinski definition) is 0. The van der Waals surface area contributed by atoms with Crippen molar-refractivity contribution in [2.45, 2.75) is 30.7 Å². The molecule has 1 aromatic rings. The lowest BCUT2D eigenvalue weighted by Gasteiger charge is -2.15. The number of sulfonamides is 1. The van der Waals surface area contributed by atoms with Crippen molar-refractivity contribution in [2.24, 2.45) is 5.92 Å². The lowest BCUT2D eigenvalue weighted by atomic mass is 10.5. The molecule has 1 aliphatic rings. The Labute approximate surface area is 131 Å². The molecule has 0 aliphatic heterocycles. The number of likely N-dealkylation sites (N-methyl/N-ethyl adjacent to an activating group) is 1. The average Bonchev–Trinajstić information content (AvgIpc) is 3.16. The van der Waals surface area contributed by atoms with Crippen LogP contribution in [0.15, 0.2) is 17.3 Å². The molecular weight excluding hydrogens is 314 g/mol. The first kappa shape index (κ1) is 16.7. The number of halogens is 1. The lowest BCUT2D eigenvalue weighted by Crippen LogP contribution is -2.30. The molecule has 8 heteroatoms. The first-order valence-electron chi connectivity index (χ1n) is 7.16. The highest BCUT2D eigenvalue weighted by molar-refractivity contribution is 7.89. The van der Waals surface area contributed by atoms with E-state index in [4.69, 9.17) is 16.3 Å². The summed E-state index contributed by atoms with van der Waals surface area (Å²) >= 11 is 5.61. The van der Waals surface area contributed by atoms with Crippen LogP contribution in [0.4, 0.5) is 0 Å². The summed E-state index contributed by atoms with van der Waals surface area (Å²) in [5.41, 5.74) is 0. The number of hydrogen-bond acceptors (Lipinski definition) is 4. The molecule has 1 aromatic heterocycles. The van der Waals surface area contributed by atoms with E-state index >= 15 is 0 Å². The standard InChI is InChI=1S/C13H22ClN3O3S/c1-16(7-8-20-11-12-3-4-12)21(18,19)13-9-15-17(10-13)6-2-5-14/h9-10,12H,2-8,11H2,1H3. The largest absolute Gasteiger partial charge is 0.380 e. The molecule has 6 nitrogen and oxygen atoms in total. The second-order valence-electron chi connectivity index (χ2n) is 5.33. The highest BCUT2D eigenvalue weighted by Crippen LogP contribution is 2.28. The fourth-order valence-corrected chi connectivity index (χ4v) is 3.08. The molecule has 0 amide bonds. The van der Waals surface area contributed by atoms with Crippen molar-refractivity contribution < 1.29 is 13.2 Å². The van der Waals surface area contributed by atoms with Gasteiger partial charge in [-0.15, -0.1) is 11.6 Å². The van der Waals surface area contributed by atoms with Crippen LogP contribution in [0.25, 0.3) is 0 Å². The van der Waals surface area contributed by atoms with Gasteiger partial charge in [0.2, 0.25) is 10.0 Å². The number of alkyl halides is 1. The van der Waals surface area contributed by atoms with Crippen molar-refractivity contribution in [3.63, 3.8) is 0 Å². The third-order valence-electron chi connectivity index (χ3n) is 3.44. The van der Waals surface area contributed by atoms with Crippen molar-refractivity contribution in [3.8, 4) is 0 Å². The van der Waals surface area contributed by atoms with Gasteiger partial charge in [0.05, 0.1) is 12.8 Å². The Morgan fingerprint density at radius 3 is 2.95 bits per heavy atom. The van der Waals surface area contributed by atoms with Crippen LogP contribution < -0.4 is 0 Å². The highest BCUT2D eigenvalue weighted by Gasteiger charge is 2.24. The first-order chi connectivity index (χ1) is 10.0. The van der Waals surface area contributed by atoms with Crippen LogP contribution in [0.5, 0.6) is 0 Å². The highest BCUT2D eigenvalue weighted by atomic mass is 35.5. The van der Waals surface area contributed by atoms with Crippen molar-refractivity contribution >= 4 is 21.6 Å². The van der Waals surface area contributed by atoms with E-state index in [1.165, 1.54) is 23.3 Å². The number of ether oxygens (including phenoxy) is 1. The molecule has 1 aliphatic carbocycles. The predicted octanol–water partition coefficient (Wildman–Crippen LogP) is 1.56. The van der Waals surface area contributed by atoms with Gasteiger partial charge in [-0.25, -0.2) is 8.42 Å². The molecule has 2 rings (SSSR count). The topological polar surface area (TPSA) is 64.4 Å². The number of nitrogens with zero attached hydrogens (tertiary/aromatic N) is 3. The molecule has 1 saturated carbocycles. The third kappa shape index (κ3) is 4.95. The van der Waals surface area contributed by atoms with Gasteiger partial charge in [-0.2, -0.15) is 9.40 Å². The quantitative estimate of drug-likeness (QED) is 0.481. The average molecular weight is 336 g/mol. The number of rotatable bonds is 10. The van der Waals surface area contributed by atoms with E-state index in [0.29, 0.717) is 31.5 Å². The van der Waals surface area contributed by atoms with Crippen LogP contribution in [0, 0.1) is 5.92 Å². The smallest absolute Gasteiger partial charge is 0.246 e. The molecule has 120 valence electrons. The van der Waals surface area contributed by atoms with Crippen LogP contribution in [0.1, 0.15) is 19.3 Å². The maximum atomic E-state index is 12.4. The summed E-state index contributed by atoms with van der Waals surface area (Å²) < 4.78 is 33.1. The molecule has 0 saturated heterocycles. The van der Waals surface area contributed by atoms with Gasteiger partial charge < -0.3 is 4.74 Å². The maximum absolute atomic E-state index is 12.4. The molecule has 0 unspecified atom stereocenters. The lowest BCUT2D eigenvalue weighted by molar-refractivity contribution is 0.117. The molecule has 1 heterocycles. The molecular formula is C13H22ClN3O3S. The van der Waals surface area contributed by atoms with E-state index in [0.717, 1.165) is 13.0 Å². The summed E-state index contributed by atoms with van der Waals surface area (Å²) in [6.07, 6.45) is 6.15. The Balaban J connectivity index is 1.84. The van der Waals surface area contributed by atoms with E-state index in [-0.39, 0.29) is 4.90 Å². The molecule has 0 bridgehead atoms. The molecule has 0 spiro atoms. The van der Waals surface area contributed by atoms with E-state index in [2.05, 4.69) is 5.10 Å². The van der Waals surface area contributed by atoms with Crippen molar-refractivity contribution in [1.29, 1.82) is 0 Å². The Hall–Kier alpha value is -0.630. The van der Waals surface area contributed by atoms with Gasteiger partial charge in [0.25, 0.3) is 0 Å². The van der Waals surface area contributed by atoms with Crippen LogP contribution in [0.3, 0.4) is 0 Å². The molecule has 0 N–H and O–H groups in total. The summed E-state index contributed by atoms with van der Waals surface area (Å²) in [6.45, 7) is 2.13. The fraction of sp³-hybridized carbons (Fsp3) is 0.769. The van der Waals surface area contributed by atoms with E-state index in [1.807, 2.05) is 0 Å². The maximum Gasteiger partial charge on any atom is 0.246 e. The predicted molar refractivity (Wildman–Crippen MR) is 80.9 cm³/mol. The first-order valence-corrected chi connectivity index (χ1v) is 9.14. The van der Waals surface area contributed by atoms with Crippen molar-refractivity contribution in [3.05, 3.63) is 12.4 Å². The van der Waals surface area contributed by atoms with E-state index in [9.17, 15) is 8.42 Å². The van der Waals surface area contributed by atoms with Gasteiger partial charge >= 0.3 is 0 Å². The van der Waals surface area contributed by atoms with Gasteiger partial charge in [-0.1, -0.05) is 0 Å². The molecule has 21 heavy (non-hydrogen) atoms. The van der Waals surface area contributed by atoms with E-state index < -0.39 is 10.0 Å². The van der Waals surface area contributed by atoms with Gasteiger partial charge in [0, 0.05) is 38.8 Å². The molecule has 0 atom stereocenters. The zero-order valence-corrected chi connectivity index (χ0v) is 13.8. The summed E-state index contributed by atoms with van der Waals surface area (Å²) in [7, 11) is -1.93. The van der Waals surface area contributed by atoms with Crippen molar-refractivity contribution in [2.75, 3.05) is 32.7 Å². The number of aryl methyl sites for hydroxylation is 1. The Morgan fingerprint density at radius 2 is 2.29 bits per heavy atom. The van der Waals surface area contributed by atoms with Crippen LogP contribution in [-0.4, -0.2) is 55.2 Å².